The number of piperidine rings is 1. The number of nitrogens with zero attached hydrogens (tertiary/aromatic N) is 2. The van der Waals surface area contributed by atoms with E-state index in [1.165, 1.54) is 0 Å². The quantitative estimate of drug-likeness (QED) is 0.918. The molecule has 1 aliphatic heterocycles. The number of nitrogens with one attached hydrogen (secondary N) is 1. The minimum atomic E-state index is -4.39. The molecule has 0 spiro atoms. The van der Waals surface area contributed by atoms with Crippen molar-refractivity contribution in [1.82, 2.24) is 15.2 Å². The van der Waals surface area contributed by atoms with Gasteiger partial charge in [-0.25, -0.2) is 9.78 Å². The van der Waals surface area contributed by atoms with Gasteiger partial charge in [0.05, 0.1) is 6.61 Å². The summed E-state index contributed by atoms with van der Waals surface area (Å²) in [6.45, 7) is 3.59. The number of aromatic nitrogens is 1. The van der Waals surface area contributed by atoms with Crippen LogP contribution in [0.5, 0.6) is 0 Å². The molecule has 9 heteroatoms. The van der Waals surface area contributed by atoms with Gasteiger partial charge in [-0.1, -0.05) is 0 Å². The van der Waals surface area contributed by atoms with Gasteiger partial charge in [-0.2, -0.15) is 13.2 Å². The van der Waals surface area contributed by atoms with E-state index in [1.807, 2.05) is 0 Å². The topological polar surface area (TPSA) is 54.5 Å². The molecule has 0 radical (unpaired) electrons. The highest BCUT2D eigenvalue weighted by atomic mass is 32.1. The van der Waals surface area contributed by atoms with Crippen LogP contribution in [0.4, 0.5) is 18.0 Å². The van der Waals surface area contributed by atoms with E-state index in [-0.39, 0.29) is 12.1 Å². The second-order valence-corrected chi connectivity index (χ2v) is 5.91. The number of alkyl halides is 3. The smallest absolute Gasteiger partial charge is 0.434 e. The monoisotopic (exact) mass is 337 g/mol. The fourth-order valence-corrected chi connectivity index (χ4v) is 2.99. The van der Waals surface area contributed by atoms with Gasteiger partial charge in [0, 0.05) is 31.1 Å². The molecule has 0 atom stereocenters. The minimum Gasteiger partial charge on any atom is -0.450 e. The molecule has 0 aliphatic carbocycles. The molecule has 1 N–H and O–H groups in total. The third-order valence-corrected chi connectivity index (χ3v) is 4.25. The molecule has 0 saturated carbocycles. The third kappa shape index (κ3) is 4.57. The molecule has 0 bridgehead atoms. The summed E-state index contributed by atoms with van der Waals surface area (Å²) in [7, 11) is 0. The van der Waals surface area contributed by atoms with Crippen molar-refractivity contribution in [3.05, 3.63) is 16.1 Å². The maximum Gasteiger partial charge on any atom is 0.434 e. The van der Waals surface area contributed by atoms with E-state index in [0.29, 0.717) is 31.2 Å². The normalized spacial score (nSPS) is 16.8. The van der Waals surface area contributed by atoms with Crippen LogP contribution in [-0.4, -0.2) is 41.7 Å². The van der Waals surface area contributed by atoms with E-state index in [9.17, 15) is 18.0 Å². The average Bonchev–Trinajstić information content (AvgIpc) is 2.95. The zero-order valence-electron chi connectivity index (χ0n) is 12.2. The summed E-state index contributed by atoms with van der Waals surface area (Å²) in [5.41, 5.74) is -0.841. The van der Waals surface area contributed by atoms with Crippen LogP contribution in [0, 0.1) is 0 Å². The van der Waals surface area contributed by atoms with Crippen molar-refractivity contribution >= 4 is 17.4 Å². The van der Waals surface area contributed by atoms with Gasteiger partial charge in [0.1, 0.15) is 5.01 Å². The molecule has 1 aromatic heterocycles. The van der Waals surface area contributed by atoms with E-state index < -0.39 is 11.9 Å². The second-order valence-electron chi connectivity index (χ2n) is 4.97. The lowest BCUT2D eigenvalue weighted by molar-refractivity contribution is -0.140. The van der Waals surface area contributed by atoms with E-state index in [4.69, 9.17) is 4.74 Å². The van der Waals surface area contributed by atoms with Crippen molar-refractivity contribution in [2.45, 2.75) is 38.5 Å². The first-order valence-electron chi connectivity index (χ1n) is 7.07. The van der Waals surface area contributed by atoms with Crippen molar-refractivity contribution in [2.75, 3.05) is 19.7 Å². The molecule has 124 valence electrons. The Labute approximate surface area is 130 Å². The van der Waals surface area contributed by atoms with Gasteiger partial charge in [-0.05, 0) is 19.8 Å². The molecular formula is C13H18F3N3O2S. The fourth-order valence-electron chi connectivity index (χ4n) is 2.23. The zero-order chi connectivity index (χ0) is 16.2. The summed E-state index contributed by atoms with van der Waals surface area (Å²) < 4.78 is 42.3. The van der Waals surface area contributed by atoms with Gasteiger partial charge < -0.3 is 15.0 Å². The van der Waals surface area contributed by atoms with Gasteiger partial charge in [0.15, 0.2) is 5.69 Å². The van der Waals surface area contributed by atoms with Crippen molar-refractivity contribution in [2.24, 2.45) is 0 Å². The second kappa shape index (κ2) is 7.28. The average molecular weight is 337 g/mol. The van der Waals surface area contributed by atoms with Crippen LogP contribution in [0.3, 0.4) is 0 Å². The lowest BCUT2D eigenvalue weighted by atomic mass is 10.1. The maximum absolute atomic E-state index is 12.5. The summed E-state index contributed by atoms with van der Waals surface area (Å²) >= 11 is 0.999. The molecule has 5 nitrogen and oxygen atoms in total. The predicted molar refractivity (Wildman–Crippen MR) is 75.6 cm³/mol. The molecular weight excluding hydrogens is 319 g/mol. The van der Waals surface area contributed by atoms with E-state index in [2.05, 4.69) is 10.3 Å². The van der Waals surface area contributed by atoms with Crippen molar-refractivity contribution in [3.8, 4) is 0 Å². The highest BCUT2D eigenvalue weighted by molar-refractivity contribution is 7.09. The number of rotatable bonds is 4. The Kier molecular flexibility index (Phi) is 5.63. The number of carbonyl (C=O) groups excluding carboxylic acids is 1. The number of ether oxygens (including phenoxy) is 1. The standard InChI is InChI=1S/C13H18F3N3O2S/c1-2-21-12(20)19-5-3-9(4-6-19)17-7-11-18-10(8-22-11)13(14,15)16/h8-9,17H,2-7H2,1H3. The summed E-state index contributed by atoms with van der Waals surface area (Å²) in [4.78, 5) is 16.8. The Morgan fingerprint density at radius 1 is 1.50 bits per heavy atom. The molecule has 22 heavy (non-hydrogen) atoms. The molecule has 2 rings (SSSR count). The van der Waals surface area contributed by atoms with E-state index in [0.717, 1.165) is 29.6 Å². The van der Waals surface area contributed by atoms with Crippen LogP contribution >= 0.6 is 11.3 Å². The van der Waals surface area contributed by atoms with Crippen LogP contribution in [0.15, 0.2) is 5.38 Å². The summed E-state index contributed by atoms with van der Waals surface area (Å²) in [5.74, 6) is 0. The lowest BCUT2D eigenvalue weighted by Gasteiger charge is -2.31. The lowest BCUT2D eigenvalue weighted by Crippen LogP contribution is -2.44. The number of hydrogen-bond acceptors (Lipinski definition) is 5. The molecule has 1 saturated heterocycles. The van der Waals surface area contributed by atoms with E-state index in [1.54, 1.807) is 11.8 Å². The van der Waals surface area contributed by atoms with Crippen LogP contribution in [0.2, 0.25) is 0 Å². The van der Waals surface area contributed by atoms with Gasteiger partial charge in [-0.3, -0.25) is 0 Å². The Morgan fingerprint density at radius 2 is 2.18 bits per heavy atom. The number of halogens is 3. The fraction of sp³-hybridized carbons (Fsp3) is 0.692. The Bertz CT molecular complexity index is 499. The van der Waals surface area contributed by atoms with Crippen LogP contribution in [-0.2, 0) is 17.5 Å². The number of carbonyl (C=O) groups is 1. The molecule has 1 aliphatic rings. The highest BCUT2D eigenvalue weighted by Gasteiger charge is 2.33. The first kappa shape index (κ1) is 17.0. The third-order valence-electron chi connectivity index (χ3n) is 3.41. The van der Waals surface area contributed by atoms with Gasteiger partial charge in [0.25, 0.3) is 0 Å². The number of amides is 1. The molecule has 1 aromatic rings. The van der Waals surface area contributed by atoms with Crippen molar-refractivity contribution in [1.29, 1.82) is 0 Å². The number of hydrogen-bond donors (Lipinski definition) is 1. The molecule has 2 heterocycles. The number of likely N-dealkylation sites (tertiary alicyclic amines) is 1. The molecule has 0 unspecified atom stereocenters. The van der Waals surface area contributed by atoms with Gasteiger partial charge in [-0.15, -0.1) is 11.3 Å². The van der Waals surface area contributed by atoms with Gasteiger partial charge >= 0.3 is 12.3 Å². The van der Waals surface area contributed by atoms with Crippen molar-refractivity contribution in [3.63, 3.8) is 0 Å². The Hall–Kier alpha value is -1.35. The van der Waals surface area contributed by atoms with Crippen molar-refractivity contribution < 1.29 is 22.7 Å². The molecule has 1 amide bonds. The summed E-state index contributed by atoms with van der Waals surface area (Å²) in [6.07, 6.45) is -3.21. The molecule has 1 fully saturated rings. The van der Waals surface area contributed by atoms with Crippen LogP contribution in [0.25, 0.3) is 0 Å². The SMILES string of the molecule is CCOC(=O)N1CCC(NCc2nc(C(F)(F)F)cs2)CC1. The maximum atomic E-state index is 12.5. The Morgan fingerprint density at radius 3 is 2.73 bits per heavy atom. The van der Waals surface area contributed by atoms with E-state index >= 15 is 0 Å². The first-order chi connectivity index (χ1) is 10.4. The predicted octanol–water partition coefficient (Wildman–Crippen LogP) is 2.87. The zero-order valence-corrected chi connectivity index (χ0v) is 13.0. The van der Waals surface area contributed by atoms with Crippen LogP contribution < -0.4 is 5.32 Å². The first-order valence-corrected chi connectivity index (χ1v) is 7.94. The number of thiazole rings is 1. The largest absolute Gasteiger partial charge is 0.450 e. The summed E-state index contributed by atoms with van der Waals surface area (Å²) in [6, 6.07) is 0.170. The minimum absolute atomic E-state index is 0.170. The Balaban J connectivity index is 1.75. The highest BCUT2D eigenvalue weighted by Crippen LogP contribution is 2.30. The van der Waals surface area contributed by atoms with Gasteiger partial charge in [0.2, 0.25) is 0 Å². The molecule has 0 aromatic carbocycles. The van der Waals surface area contributed by atoms with Crippen LogP contribution in [0.1, 0.15) is 30.5 Å². The summed E-state index contributed by atoms with van der Waals surface area (Å²) in [5, 5.41) is 4.64.